The molecule has 1 rings (SSSR count). The number of ether oxygens (including phenoxy) is 1. The Morgan fingerprint density at radius 2 is 1.68 bits per heavy atom. The second-order valence-corrected chi connectivity index (χ2v) is 9.51. The van der Waals surface area contributed by atoms with Gasteiger partial charge in [-0.3, -0.25) is 4.79 Å². The number of halogens is 1. The summed E-state index contributed by atoms with van der Waals surface area (Å²) in [6.45, 7) is 14.9. The van der Waals surface area contributed by atoms with Gasteiger partial charge in [0.15, 0.2) is 0 Å². The molecule has 0 radical (unpaired) electrons. The van der Waals surface area contributed by atoms with E-state index >= 15 is 0 Å². The maximum Gasteiger partial charge on any atom is 0.319 e. The first-order chi connectivity index (χ1) is 8.35. The van der Waals surface area contributed by atoms with E-state index in [-0.39, 0.29) is 21.0 Å². The van der Waals surface area contributed by atoms with E-state index < -0.39 is 5.60 Å². The van der Waals surface area contributed by atoms with Crippen molar-refractivity contribution in [1.29, 1.82) is 0 Å². The van der Waals surface area contributed by atoms with E-state index in [2.05, 4.69) is 55.6 Å². The van der Waals surface area contributed by atoms with Crippen LogP contribution in [0.5, 0.6) is 0 Å². The van der Waals surface area contributed by atoms with Crippen molar-refractivity contribution in [3.8, 4) is 0 Å². The molecule has 1 heterocycles. The third kappa shape index (κ3) is 4.88. The summed E-state index contributed by atoms with van der Waals surface area (Å²) in [4.78, 5) is 11.9. The molecule has 1 N–H and O–H groups in total. The molecule has 4 heteroatoms. The number of rotatable bonds is 3. The normalized spacial score (nSPS) is 24.8. The average Bonchev–Trinajstić information content (AvgIpc) is 2.11. The highest BCUT2D eigenvalue weighted by molar-refractivity contribution is 14.1. The lowest BCUT2D eigenvalue weighted by atomic mass is 9.70. The van der Waals surface area contributed by atoms with Gasteiger partial charge in [-0.15, -0.1) is 0 Å². The maximum atomic E-state index is 11.9. The predicted octanol–water partition coefficient (Wildman–Crippen LogP) is 3.69. The molecule has 0 aromatic heterocycles. The second-order valence-electron chi connectivity index (χ2n) is 7.64. The topological polar surface area (TPSA) is 38.3 Å². The predicted molar refractivity (Wildman–Crippen MR) is 87.7 cm³/mol. The number of alkyl halides is 1. The molecule has 1 aliphatic rings. The van der Waals surface area contributed by atoms with Crippen molar-refractivity contribution in [2.24, 2.45) is 5.92 Å². The molecule has 0 bridgehead atoms. The van der Waals surface area contributed by atoms with E-state index in [0.29, 0.717) is 5.92 Å². The van der Waals surface area contributed by atoms with Crippen molar-refractivity contribution in [3.05, 3.63) is 0 Å². The minimum Gasteiger partial charge on any atom is -0.459 e. The molecule has 0 saturated carbocycles. The van der Waals surface area contributed by atoms with Gasteiger partial charge in [-0.05, 0) is 61.3 Å². The molecule has 3 nitrogen and oxygen atoms in total. The van der Waals surface area contributed by atoms with E-state index in [0.717, 1.165) is 12.8 Å². The molecule has 0 aliphatic carbocycles. The number of nitrogens with one attached hydrogen (secondary N) is 1. The summed E-state index contributed by atoms with van der Waals surface area (Å²) in [5.74, 6) is 0.262. The summed E-state index contributed by atoms with van der Waals surface area (Å²) in [6.07, 6.45) is 2.04. The Hall–Kier alpha value is 0.160. The molecular formula is C15H28INO2. The lowest BCUT2D eigenvalue weighted by molar-refractivity contribution is -0.164. The fourth-order valence-electron chi connectivity index (χ4n) is 3.24. The third-order valence-corrected chi connectivity index (χ3v) is 4.37. The Labute approximate surface area is 131 Å². The molecule has 0 amide bonds. The van der Waals surface area contributed by atoms with Gasteiger partial charge in [0.25, 0.3) is 0 Å². The molecule has 1 aliphatic heterocycles. The number of carbonyl (C=O) groups excluding carboxylic acids is 1. The van der Waals surface area contributed by atoms with Crippen LogP contribution < -0.4 is 5.32 Å². The number of esters is 1. The smallest absolute Gasteiger partial charge is 0.319 e. The number of hydrogen-bond acceptors (Lipinski definition) is 3. The van der Waals surface area contributed by atoms with Gasteiger partial charge in [-0.1, -0.05) is 22.6 Å². The van der Waals surface area contributed by atoms with Crippen LogP contribution in [0.3, 0.4) is 0 Å². The monoisotopic (exact) mass is 381 g/mol. The summed E-state index contributed by atoms with van der Waals surface area (Å²) in [6, 6.07) is 0. The number of piperidine rings is 1. The Morgan fingerprint density at radius 3 is 2.05 bits per heavy atom. The Morgan fingerprint density at radius 1 is 1.26 bits per heavy atom. The number of carbonyl (C=O) groups is 1. The van der Waals surface area contributed by atoms with E-state index in [1.807, 2.05) is 20.8 Å². The summed E-state index contributed by atoms with van der Waals surface area (Å²) >= 11 is 2.11. The summed E-state index contributed by atoms with van der Waals surface area (Å²) in [5.41, 5.74) is -0.259. The standard InChI is InChI=1S/C15H28INO2/c1-10(16)12(18)19-15(6,7)11-8-13(2,3)17-14(4,5)9-11/h10-11,17H,8-9H2,1-7H3. The summed E-state index contributed by atoms with van der Waals surface area (Å²) < 4.78 is 5.65. The van der Waals surface area contributed by atoms with Crippen LogP contribution in [0.4, 0.5) is 0 Å². The average molecular weight is 381 g/mol. The highest BCUT2D eigenvalue weighted by atomic mass is 127. The molecule has 1 saturated heterocycles. The van der Waals surface area contributed by atoms with Crippen LogP contribution in [0.15, 0.2) is 0 Å². The van der Waals surface area contributed by atoms with Crippen LogP contribution in [-0.2, 0) is 9.53 Å². The summed E-state index contributed by atoms with van der Waals surface area (Å²) in [5, 5.41) is 3.67. The van der Waals surface area contributed by atoms with Gasteiger partial charge in [0, 0.05) is 17.0 Å². The van der Waals surface area contributed by atoms with Crippen LogP contribution >= 0.6 is 22.6 Å². The zero-order valence-corrected chi connectivity index (χ0v) is 15.4. The van der Waals surface area contributed by atoms with E-state index in [9.17, 15) is 4.79 Å². The van der Waals surface area contributed by atoms with Crippen molar-refractivity contribution in [1.82, 2.24) is 5.32 Å². The molecule has 1 atom stereocenters. The number of hydrogen-bond donors (Lipinski definition) is 1. The second kappa shape index (κ2) is 5.51. The first-order valence-electron chi connectivity index (χ1n) is 7.01. The molecule has 1 fully saturated rings. The van der Waals surface area contributed by atoms with Gasteiger partial charge in [0.2, 0.25) is 0 Å². The lowest BCUT2D eigenvalue weighted by Crippen LogP contribution is -2.61. The first-order valence-corrected chi connectivity index (χ1v) is 8.25. The van der Waals surface area contributed by atoms with Gasteiger partial charge in [-0.2, -0.15) is 0 Å². The maximum absolute atomic E-state index is 11.9. The van der Waals surface area contributed by atoms with Crippen molar-refractivity contribution >= 4 is 28.6 Å². The Balaban J connectivity index is 2.85. The van der Waals surface area contributed by atoms with Crippen molar-refractivity contribution in [2.75, 3.05) is 0 Å². The molecule has 0 aromatic carbocycles. The zero-order valence-electron chi connectivity index (χ0n) is 13.3. The van der Waals surface area contributed by atoms with Crippen LogP contribution in [0, 0.1) is 5.92 Å². The quantitative estimate of drug-likeness (QED) is 0.460. The van der Waals surface area contributed by atoms with E-state index in [1.54, 1.807) is 0 Å². The third-order valence-electron chi connectivity index (χ3n) is 3.86. The minimum absolute atomic E-state index is 0.0754. The summed E-state index contributed by atoms with van der Waals surface area (Å²) in [7, 11) is 0. The van der Waals surface area contributed by atoms with Gasteiger partial charge < -0.3 is 10.1 Å². The minimum atomic E-state index is -0.410. The van der Waals surface area contributed by atoms with Crippen molar-refractivity contribution in [2.45, 2.75) is 81.9 Å². The van der Waals surface area contributed by atoms with E-state index in [4.69, 9.17) is 4.74 Å². The van der Waals surface area contributed by atoms with Crippen molar-refractivity contribution in [3.63, 3.8) is 0 Å². The van der Waals surface area contributed by atoms with Crippen molar-refractivity contribution < 1.29 is 9.53 Å². The highest BCUT2D eigenvalue weighted by Gasteiger charge is 2.45. The SMILES string of the molecule is CC(I)C(=O)OC(C)(C)C1CC(C)(C)NC(C)(C)C1. The van der Waals surface area contributed by atoms with Gasteiger partial charge in [0.1, 0.15) is 9.53 Å². The Bertz CT molecular complexity index is 332. The van der Waals surface area contributed by atoms with Crippen LogP contribution in [0.2, 0.25) is 0 Å². The van der Waals surface area contributed by atoms with Crippen LogP contribution in [0.1, 0.15) is 61.3 Å². The first kappa shape index (κ1) is 17.2. The zero-order chi connectivity index (χ0) is 15.1. The fourth-order valence-corrected chi connectivity index (χ4v) is 3.36. The van der Waals surface area contributed by atoms with Crippen LogP contribution in [-0.4, -0.2) is 26.6 Å². The van der Waals surface area contributed by atoms with Gasteiger partial charge in [-0.25, -0.2) is 0 Å². The lowest BCUT2D eigenvalue weighted by Gasteiger charge is -2.50. The molecule has 0 spiro atoms. The van der Waals surface area contributed by atoms with E-state index in [1.165, 1.54) is 0 Å². The highest BCUT2D eigenvalue weighted by Crippen LogP contribution is 2.40. The molecular weight excluding hydrogens is 353 g/mol. The van der Waals surface area contributed by atoms with Gasteiger partial charge in [0.05, 0.1) is 0 Å². The molecule has 1 unspecified atom stereocenters. The largest absolute Gasteiger partial charge is 0.459 e. The molecule has 0 aromatic rings. The van der Waals surface area contributed by atoms with Gasteiger partial charge >= 0.3 is 5.97 Å². The fraction of sp³-hybridized carbons (Fsp3) is 0.933. The molecule has 19 heavy (non-hydrogen) atoms. The molecule has 112 valence electrons. The van der Waals surface area contributed by atoms with Crippen LogP contribution in [0.25, 0.3) is 0 Å². The Kier molecular flexibility index (Phi) is 4.99.